The van der Waals surface area contributed by atoms with Crippen LogP contribution >= 0.6 is 38.9 Å². The maximum absolute atomic E-state index is 5.70. The van der Waals surface area contributed by atoms with Crippen molar-refractivity contribution >= 4 is 44.7 Å². The van der Waals surface area contributed by atoms with Crippen LogP contribution in [0.3, 0.4) is 0 Å². The Balaban J connectivity index is 1.92. The van der Waals surface area contributed by atoms with Gasteiger partial charge in [-0.15, -0.1) is 11.3 Å². The van der Waals surface area contributed by atoms with Gasteiger partial charge in [0.15, 0.2) is 0 Å². The summed E-state index contributed by atoms with van der Waals surface area (Å²) in [5.74, 6) is 0.704. The van der Waals surface area contributed by atoms with Gasteiger partial charge >= 0.3 is 0 Å². The molecule has 0 aliphatic rings. The molecular formula is C9H8BrClN4S. The Kier molecular flexibility index (Phi) is 4.09. The van der Waals surface area contributed by atoms with Crippen LogP contribution in [0, 0.1) is 0 Å². The van der Waals surface area contributed by atoms with Crippen LogP contribution in [-0.2, 0) is 6.42 Å². The Morgan fingerprint density at radius 2 is 2.31 bits per heavy atom. The summed E-state index contributed by atoms with van der Waals surface area (Å²) in [6, 6.07) is 0. The molecule has 0 fully saturated rings. The Morgan fingerprint density at radius 1 is 1.44 bits per heavy atom. The number of rotatable bonds is 4. The summed E-state index contributed by atoms with van der Waals surface area (Å²) in [6.45, 7) is 0.760. The highest BCUT2D eigenvalue weighted by molar-refractivity contribution is 9.10. The summed E-state index contributed by atoms with van der Waals surface area (Å²) in [6.07, 6.45) is 2.48. The monoisotopic (exact) mass is 318 g/mol. The summed E-state index contributed by atoms with van der Waals surface area (Å²) >= 11 is 10.6. The molecule has 84 valence electrons. The standard InChI is InChI=1S/C9H8BrClN4S/c10-7-3-13-9(11)15-8(7)12-2-1-6-4-16-5-14-6/h3-5H,1-2H2,(H,12,13,15). The first kappa shape index (κ1) is 11.8. The van der Waals surface area contributed by atoms with Gasteiger partial charge in [0.05, 0.1) is 15.7 Å². The van der Waals surface area contributed by atoms with Gasteiger partial charge in [0.25, 0.3) is 0 Å². The van der Waals surface area contributed by atoms with E-state index in [9.17, 15) is 0 Å². The van der Waals surface area contributed by atoms with E-state index in [1.54, 1.807) is 17.5 Å². The zero-order valence-corrected chi connectivity index (χ0v) is 11.3. The highest BCUT2D eigenvalue weighted by Crippen LogP contribution is 2.19. The van der Waals surface area contributed by atoms with Crippen LogP contribution in [0.4, 0.5) is 5.82 Å². The van der Waals surface area contributed by atoms with Crippen LogP contribution in [0.15, 0.2) is 21.6 Å². The van der Waals surface area contributed by atoms with E-state index in [1.165, 1.54) is 0 Å². The van der Waals surface area contributed by atoms with E-state index >= 15 is 0 Å². The fourth-order valence-corrected chi connectivity index (χ4v) is 2.20. The molecular weight excluding hydrogens is 312 g/mol. The molecule has 0 aliphatic heterocycles. The predicted molar refractivity (Wildman–Crippen MR) is 69.0 cm³/mol. The van der Waals surface area contributed by atoms with E-state index in [0.29, 0.717) is 5.82 Å². The molecule has 0 unspecified atom stereocenters. The van der Waals surface area contributed by atoms with E-state index in [-0.39, 0.29) is 5.28 Å². The van der Waals surface area contributed by atoms with Crippen LogP contribution < -0.4 is 5.32 Å². The van der Waals surface area contributed by atoms with Crippen LogP contribution in [0.1, 0.15) is 5.69 Å². The Bertz CT molecular complexity index is 463. The first-order chi connectivity index (χ1) is 7.75. The smallest absolute Gasteiger partial charge is 0.224 e. The molecule has 0 atom stereocenters. The quantitative estimate of drug-likeness (QED) is 0.880. The van der Waals surface area contributed by atoms with Gasteiger partial charge < -0.3 is 5.32 Å². The second kappa shape index (κ2) is 5.56. The topological polar surface area (TPSA) is 50.7 Å². The highest BCUT2D eigenvalue weighted by atomic mass is 79.9. The van der Waals surface area contributed by atoms with Crippen LogP contribution in [0.25, 0.3) is 0 Å². The molecule has 2 aromatic heterocycles. The van der Waals surface area contributed by atoms with E-state index in [0.717, 1.165) is 23.1 Å². The third-order valence-electron chi connectivity index (χ3n) is 1.87. The van der Waals surface area contributed by atoms with Gasteiger partial charge in [0, 0.05) is 24.5 Å². The number of hydrogen-bond donors (Lipinski definition) is 1. The average Bonchev–Trinajstić information content (AvgIpc) is 2.76. The molecule has 2 aromatic rings. The van der Waals surface area contributed by atoms with Crippen molar-refractivity contribution in [1.82, 2.24) is 15.0 Å². The molecule has 2 rings (SSSR count). The third-order valence-corrected chi connectivity index (χ3v) is 3.27. The lowest BCUT2D eigenvalue weighted by Gasteiger charge is -2.05. The maximum Gasteiger partial charge on any atom is 0.224 e. The maximum atomic E-state index is 5.70. The first-order valence-corrected chi connectivity index (χ1v) is 6.66. The molecule has 4 nitrogen and oxygen atoms in total. The fraction of sp³-hybridized carbons (Fsp3) is 0.222. The van der Waals surface area contributed by atoms with Gasteiger partial charge in [-0.2, -0.15) is 4.98 Å². The van der Waals surface area contributed by atoms with Crippen molar-refractivity contribution in [2.75, 3.05) is 11.9 Å². The van der Waals surface area contributed by atoms with Crippen molar-refractivity contribution in [1.29, 1.82) is 0 Å². The molecule has 0 aromatic carbocycles. The minimum Gasteiger partial charge on any atom is -0.369 e. The highest BCUT2D eigenvalue weighted by Gasteiger charge is 2.03. The minimum absolute atomic E-state index is 0.236. The molecule has 0 saturated carbocycles. The summed E-state index contributed by atoms with van der Waals surface area (Å²) in [4.78, 5) is 12.1. The largest absolute Gasteiger partial charge is 0.369 e. The number of hydrogen-bond acceptors (Lipinski definition) is 5. The van der Waals surface area contributed by atoms with Gasteiger partial charge in [-0.3, -0.25) is 0 Å². The summed E-state index contributed by atoms with van der Waals surface area (Å²) in [5.41, 5.74) is 2.90. The molecule has 0 amide bonds. The number of nitrogens with one attached hydrogen (secondary N) is 1. The molecule has 1 N–H and O–H groups in total. The van der Waals surface area contributed by atoms with Gasteiger partial charge in [0.2, 0.25) is 5.28 Å². The van der Waals surface area contributed by atoms with E-state index in [2.05, 4.69) is 36.2 Å². The Morgan fingerprint density at radius 3 is 3.06 bits per heavy atom. The average molecular weight is 320 g/mol. The van der Waals surface area contributed by atoms with Crippen molar-refractivity contribution in [3.05, 3.63) is 32.5 Å². The van der Waals surface area contributed by atoms with E-state index in [4.69, 9.17) is 11.6 Å². The number of nitrogens with zero attached hydrogens (tertiary/aromatic N) is 3. The molecule has 2 heterocycles. The minimum atomic E-state index is 0.236. The number of thiazole rings is 1. The molecule has 7 heteroatoms. The van der Waals surface area contributed by atoms with Crippen molar-refractivity contribution in [3.8, 4) is 0 Å². The first-order valence-electron chi connectivity index (χ1n) is 4.54. The summed E-state index contributed by atoms with van der Waals surface area (Å²) in [5, 5.41) is 5.44. The summed E-state index contributed by atoms with van der Waals surface area (Å²) in [7, 11) is 0. The van der Waals surface area contributed by atoms with Crippen molar-refractivity contribution in [3.63, 3.8) is 0 Å². The predicted octanol–water partition coefficient (Wildman–Crippen LogP) is 3.00. The van der Waals surface area contributed by atoms with Crippen LogP contribution in [-0.4, -0.2) is 21.5 Å². The number of aromatic nitrogens is 3. The second-order valence-electron chi connectivity index (χ2n) is 2.99. The molecule has 0 spiro atoms. The van der Waals surface area contributed by atoms with Crippen LogP contribution in [0.2, 0.25) is 5.28 Å². The normalized spacial score (nSPS) is 10.4. The Labute approximate surface area is 110 Å². The van der Waals surface area contributed by atoms with Gasteiger partial charge in [-0.1, -0.05) is 0 Å². The van der Waals surface area contributed by atoms with Gasteiger partial charge in [-0.25, -0.2) is 9.97 Å². The lowest BCUT2D eigenvalue weighted by Crippen LogP contribution is -2.07. The lowest BCUT2D eigenvalue weighted by atomic mass is 10.3. The van der Waals surface area contributed by atoms with Crippen molar-refractivity contribution < 1.29 is 0 Å². The number of halogens is 2. The van der Waals surface area contributed by atoms with Gasteiger partial charge in [-0.05, 0) is 27.5 Å². The lowest BCUT2D eigenvalue weighted by molar-refractivity contribution is 0.962. The zero-order chi connectivity index (χ0) is 11.4. The summed E-state index contributed by atoms with van der Waals surface area (Å²) < 4.78 is 0.801. The van der Waals surface area contributed by atoms with E-state index in [1.807, 2.05) is 10.9 Å². The zero-order valence-electron chi connectivity index (χ0n) is 8.15. The van der Waals surface area contributed by atoms with Crippen molar-refractivity contribution in [2.45, 2.75) is 6.42 Å². The molecule has 16 heavy (non-hydrogen) atoms. The van der Waals surface area contributed by atoms with Gasteiger partial charge in [0.1, 0.15) is 5.82 Å². The SMILES string of the molecule is Clc1ncc(Br)c(NCCc2cscn2)n1. The Hall–Kier alpha value is -0.720. The molecule has 0 saturated heterocycles. The van der Waals surface area contributed by atoms with Crippen molar-refractivity contribution in [2.24, 2.45) is 0 Å². The fourth-order valence-electron chi connectivity index (χ4n) is 1.14. The second-order valence-corrected chi connectivity index (χ2v) is 4.90. The van der Waals surface area contributed by atoms with Crippen LogP contribution in [0.5, 0.6) is 0 Å². The number of anilines is 1. The van der Waals surface area contributed by atoms with E-state index < -0.39 is 0 Å². The molecule has 0 radical (unpaired) electrons. The molecule has 0 bridgehead atoms. The molecule has 0 aliphatic carbocycles. The third kappa shape index (κ3) is 3.13.